The van der Waals surface area contributed by atoms with E-state index in [1.54, 1.807) is 30.0 Å². The molecule has 1 unspecified atom stereocenters. The van der Waals surface area contributed by atoms with Gasteiger partial charge < -0.3 is 14.2 Å². The lowest BCUT2D eigenvalue weighted by Gasteiger charge is -2.33. The molecule has 2 aromatic heterocycles. The van der Waals surface area contributed by atoms with Crippen molar-refractivity contribution in [3.63, 3.8) is 0 Å². The molecule has 2 amide bonds. The van der Waals surface area contributed by atoms with Gasteiger partial charge in [-0.15, -0.1) is 0 Å². The molecule has 1 atom stereocenters. The lowest BCUT2D eigenvalue weighted by molar-refractivity contribution is -0.138. The van der Waals surface area contributed by atoms with Crippen molar-refractivity contribution in [2.75, 3.05) is 18.4 Å². The van der Waals surface area contributed by atoms with E-state index in [-0.39, 0.29) is 18.0 Å². The predicted octanol–water partition coefficient (Wildman–Crippen LogP) is 5.85. The summed E-state index contributed by atoms with van der Waals surface area (Å²) in [5, 5.41) is 6.68. The minimum Gasteiger partial charge on any atom is -0.424 e. The van der Waals surface area contributed by atoms with Crippen molar-refractivity contribution in [1.82, 2.24) is 20.0 Å². The summed E-state index contributed by atoms with van der Waals surface area (Å²) >= 11 is 0. The van der Waals surface area contributed by atoms with Crippen LogP contribution in [0.4, 0.5) is 23.8 Å². The average Bonchev–Trinajstić information content (AvgIpc) is 3.12. The highest BCUT2D eigenvalue weighted by Gasteiger charge is 2.31. The molecule has 1 aliphatic heterocycles. The predicted molar refractivity (Wildman–Crippen MR) is 122 cm³/mol. The summed E-state index contributed by atoms with van der Waals surface area (Å²) in [5.74, 6) is 1.61. The van der Waals surface area contributed by atoms with Gasteiger partial charge in [0.15, 0.2) is 5.82 Å². The van der Waals surface area contributed by atoms with Crippen LogP contribution < -0.4 is 10.1 Å². The molecule has 0 saturated carbocycles. The molecule has 1 aromatic carbocycles. The van der Waals surface area contributed by atoms with Crippen LogP contribution in [-0.2, 0) is 6.18 Å². The Morgan fingerprint density at radius 1 is 1.26 bits per heavy atom. The summed E-state index contributed by atoms with van der Waals surface area (Å²) in [6.45, 7) is 6.76. The fourth-order valence-electron chi connectivity index (χ4n) is 3.67. The molecule has 0 aliphatic carbocycles. The maximum Gasteiger partial charge on any atom is 0.419 e. The van der Waals surface area contributed by atoms with E-state index in [4.69, 9.17) is 9.26 Å². The number of ether oxygens (including phenoxy) is 1. The van der Waals surface area contributed by atoms with Gasteiger partial charge in [0.25, 0.3) is 0 Å². The quantitative estimate of drug-likeness (QED) is 0.496. The molecule has 1 aliphatic rings. The average molecular weight is 487 g/mol. The Kier molecular flexibility index (Phi) is 6.77. The highest BCUT2D eigenvalue weighted by molar-refractivity contribution is 5.89. The van der Waals surface area contributed by atoms with Crippen molar-refractivity contribution >= 4 is 17.9 Å². The Bertz CT molecular complexity index is 1240. The number of amides is 2. The third-order valence-corrected chi connectivity index (χ3v) is 5.84. The highest BCUT2D eigenvalue weighted by atomic mass is 19.4. The minimum atomic E-state index is -4.51. The first-order valence-corrected chi connectivity index (χ1v) is 11.0. The number of carbonyl (C=O) groups excluding carboxylic acids is 1. The fraction of sp³-hybridized carbons (Fsp3) is 0.333. The van der Waals surface area contributed by atoms with Gasteiger partial charge in [0.2, 0.25) is 0 Å². The van der Waals surface area contributed by atoms with Crippen molar-refractivity contribution in [3.8, 4) is 11.8 Å². The molecule has 35 heavy (non-hydrogen) atoms. The third kappa shape index (κ3) is 5.79. The van der Waals surface area contributed by atoms with Crippen LogP contribution in [0, 0.1) is 19.8 Å². The van der Waals surface area contributed by atoms with E-state index >= 15 is 0 Å². The highest BCUT2D eigenvalue weighted by Crippen LogP contribution is 2.30. The molecule has 11 heteroatoms. The molecule has 0 bridgehead atoms. The number of nitrogens with one attached hydrogen (secondary N) is 1. The Labute approximate surface area is 199 Å². The van der Waals surface area contributed by atoms with Crippen LogP contribution in [0.5, 0.6) is 11.8 Å². The number of aromatic nitrogens is 3. The first kappa shape index (κ1) is 24.2. The second kappa shape index (κ2) is 9.77. The number of hydrogen-bond acceptors (Lipinski definition) is 6. The standard InChI is InChI=1S/C24H24F3N5O3/c1-14-13-32(23(33)30-21-15(2)16(3)35-31-21)8-7-18(14)9-17-5-4-6-20(10-17)34-22-28-11-19(12-29-22)24(25,26)27/h4-6,9-12,14H,7-8,13H2,1-3H3,(H,30,31,33). The molecule has 3 aromatic rings. The zero-order valence-electron chi connectivity index (χ0n) is 19.4. The van der Waals surface area contributed by atoms with Crippen LogP contribution >= 0.6 is 0 Å². The summed E-state index contributed by atoms with van der Waals surface area (Å²) in [6.07, 6.45) is -0.411. The van der Waals surface area contributed by atoms with Gasteiger partial charge in [0.05, 0.1) is 5.56 Å². The number of likely N-dealkylation sites (tertiary alicyclic amines) is 1. The van der Waals surface area contributed by atoms with E-state index < -0.39 is 11.7 Å². The number of alkyl halides is 3. The maximum atomic E-state index is 12.7. The Balaban J connectivity index is 1.39. The molecular weight excluding hydrogens is 463 g/mol. The fourth-order valence-corrected chi connectivity index (χ4v) is 3.67. The molecule has 8 nitrogen and oxygen atoms in total. The normalized spacial score (nSPS) is 17.5. The van der Waals surface area contributed by atoms with Crippen molar-refractivity contribution < 1.29 is 27.2 Å². The topological polar surface area (TPSA) is 93.4 Å². The smallest absolute Gasteiger partial charge is 0.419 e. The van der Waals surface area contributed by atoms with Gasteiger partial charge in [-0.2, -0.15) is 13.2 Å². The van der Waals surface area contributed by atoms with Gasteiger partial charge in [0.1, 0.15) is 11.5 Å². The number of piperidine rings is 1. The van der Waals surface area contributed by atoms with Crippen LogP contribution in [0.1, 0.15) is 35.8 Å². The van der Waals surface area contributed by atoms with Crippen LogP contribution in [0.15, 0.2) is 46.8 Å². The largest absolute Gasteiger partial charge is 0.424 e. The molecule has 0 radical (unpaired) electrons. The number of nitrogens with zero attached hydrogens (tertiary/aromatic N) is 4. The van der Waals surface area contributed by atoms with Crippen LogP contribution in [0.3, 0.4) is 0 Å². The second-order valence-electron chi connectivity index (χ2n) is 8.39. The third-order valence-electron chi connectivity index (χ3n) is 5.84. The zero-order chi connectivity index (χ0) is 25.2. The van der Waals surface area contributed by atoms with E-state index in [1.165, 1.54) is 5.57 Å². The summed E-state index contributed by atoms with van der Waals surface area (Å²) < 4.78 is 48.7. The number of benzene rings is 1. The monoisotopic (exact) mass is 487 g/mol. The molecule has 1 N–H and O–H groups in total. The van der Waals surface area contributed by atoms with Crippen LogP contribution in [0.25, 0.3) is 6.08 Å². The first-order valence-electron chi connectivity index (χ1n) is 11.0. The lowest BCUT2D eigenvalue weighted by Crippen LogP contribution is -2.42. The van der Waals surface area contributed by atoms with Gasteiger partial charge in [-0.25, -0.2) is 14.8 Å². The Hall–Kier alpha value is -3.89. The zero-order valence-corrected chi connectivity index (χ0v) is 19.4. The lowest BCUT2D eigenvalue weighted by atomic mass is 9.91. The molecule has 4 rings (SSSR count). The summed E-state index contributed by atoms with van der Waals surface area (Å²) in [4.78, 5) is 21.7. The van der Waals surface area contributed by atoms with Crippen LogP contribution in [-0.4, -0.2) is 39.1 Å². The van der Waals surface area contributed by atoms with Gasteiger partial charge in [-0.1, -0.05) is 35.9 Å². The van der Waals surface area contributed by atoms with Crippen molar-refractivity contribution in [2.45, 2.75) is 33.4 Å². The number of anilines is 1. The SMILES string of the molecule is Cc1onc(NC(=O)N2CCC(=Cc3cccc(Oc4ncc(C(F)(F)F)cn4)c3)C(C)C2)c1C. The number of halogens is 3. The first-order chi connectivity index (χ1) is 16.6. The van der Waals surface area contributed by atoms with Gasteiger partial charge in [-0.05, 0) is 43.9 Å². The molecular formula is C24H24F3N5O3. The summed E-state index contributed by atoms with van der Waals surface area (Å²) in [6, 6.07) is 6.71. The summed E-state index contributed by atoms with van der Waals surface area (Å²) in [5.41, 5.74) is 1.89. The maximum absolute atomic E-state index is 12.7. The van der Waals surface area contributed by atoms with Crippen molar-refractivity contribution in [1.29, 1.82) is 0 Å². The number of carbonyl (C=O) groups is 1. The Morgan fingerprint density at radius 2 is 2.00 bits per heavy atom. The summed E-state index contributed by atoms with van der Waals surface area (Å²) in [7, 11) is 0. The number of aryl methyl sites for hydroxylation is 1. The molecule has 3 heterocycles. The Morgan fingerprint density at radius 3 is 2.63 bits per heavy atom. The van der Waals surface area contributed by atoms with E-state index in [2.05, 4.69) is 20.4 Å². The van der Waals surface area contributed by atoms with E-state index in [9.17, 15) is 18.0 Å². The van der Waals surface area contributed by atoms with E-state index in [0.29, 0.717) is 49.2 Å². The minimum absolute atomic E-state index is 0.123. The van der Waals surface area contributed by atoms with Crippen molar-refractivity contribution in [3.05, 3.63) is 64.7 Å². The molecule has 0 spiro atoms. The van der Waals surface area contributed by atoms with Gasteiger partial charge in [0, 0.05) is 31.0 Å². The van der Waals surface area contributed by atoms with Gasteiger partial charge >= 0.3 is 18.2 Å². The molecule has 1 saturated heterocycles. The van der Waals surface area contributed by atoms with Crippen LogP contribution in [0.2, 0.25) is 0 Å². The number of rotatable bonds is 4. The van der Waals surface area contributed by atoms with Crippen molar-refractivity contribution in [2.24, 2.45) is 5.92 Å². The van der Waals surface area contributed by atoms with E-state index in [0.717, 1.165) is 11.1 Å². The second-order valence-corrected chi connectivity index (χ2v) is 8.39. The molecule has 184 valence electrons. The van der Waals surface area contributed by atoms with E-state index in [1.807, 2.05) is 26.0 Å². The number of hydrogen-bond donors (Lipinski definition) is 1. The van der Waals surface area contributed by atoms with Gasteiger partial charge in [-0.3, -0.25) is 5.32 Å². The number of urea groups is 1. The molecule has 1 fully saturated rings.